The maximum atomic E-state index is 5.85. The lowest BCUT2D eigenvalue weighted by Crippen LogP contribution is -2.21. The Morgan fingerprint density at radius 1 is 1.14 bits per heavy atom. The molecule has 21 heavy (non-hydrogen) atoms. The summed E-state index contributed by atoms with van der Waals surface area (Å²) in [7, 11) is 0. The molecule has 3 rings (SSSR count). The Hall–Kier alpha value is -2.46. The van der Waals surface area contributed by atoms with E-state index < -0.39 is 6.48 Å². The molecule has 0 N–H and O–H groups in total. The lowest BCUT2D eigenvalue weighted by Gasteiger charge is -2.10. The molecule has 4 heteroatoms. The standard InChI is InChI=1S/C17H16O4/c1-3-12-8-10-13(11-9-12)19-14-6-5-7-15-16(14)21-17(20-15)18-4-2/h3,5-11,17H,1,4H2,2H3. The van der Waals surface area contributed by atoms with Gasteiger partial charge in [-0.3, -0.25) is 0 Å². The molecule has 0 amide bonds. The van der Waals surface area contributed by atoms with Crippen LogP contribution in [0.2, 0.25) is 0 Å². The monoisotopic (exact) mass is 284 g/mol. The molecule has 1 atom stereocenters. The molecule has 1 heterocycles. The Labute approximate surface area is 123 Å². The van der Waals surface area contributed by atoms with Gasteiger partial charge in [-0.2, -0.15) is 0 Å². The highest BCUT2D eigenvalue weighted by molar-refractivity contribution is 5.55. The van der Waals surface area contributed by atoms with Gasteiger partial charge >= 0.3 is 6.48 Å². The van der Waals surface area contributed by atoms with Gasteiger partial charge in [-0.05, 0) is 36.8 Å². The van der Waals surface area contributed by atoms with E-state index in [1.807, 2.05) is 49.4 Å². The Morgan fingerprint density at radius 2 is 1.95 bits per heavy atom. The first-order valence-electron chi connectivity index (χ1n) is 6.78. The number of ether oxygens (including phenoxy) is 4. The van der Waals surface area contributed by atoms with E-state index in [0.717, 1.165) is 11.3 Å². The lowest BCUT2D eigenvalue weighted by molar-refractivity contribution is -0.173. The van der Waals surface area contributed by atoms with E-state index in [9.17, 15) is 0 Å². The van der Waals surface area contributed by atoms with Crippen molar-refractivity contribution in [2.24, 2.45) is 0 Å². The fraction of sp³-hybridized carbons (Fsp3) is 0.176. The van der Waals surface area contributed by atoms with Crippen LogP contribution >= 0.6 is 0 Å². The number of rotatable bonds is 5. The number of hydrogen-bond donors (Lipinski definition) is 0. The van der Waals surface area contributed by atoms with E-state index in [4.69, 9.17) is 18.9 Å². The highest BCUT2D eigenvalue weighted by atomic mass is 16.9. The minimum absolute atomic E-state index is 0.512. The largest absolute Gasteiger partial charge is 0.453 e. The Bertz CT molecular complexity index is 634. The minimum atomic E-state index is -0.710. The molecule has 1 unspecified atom stereocenters. The highest BCUT2D eigenvalue weighted by Crippen LogP contribution is 2.44. The molecule has 1 aliphatic rings. The summed E-state index contributed by atoms with van der Waals surface area (Å²) in [4.78, 5) is 0. The molecule has 2 aromatic carbocycles. The summed E-state index contributed by atoms with van der Waals surface area (Å²) in [6.07, 6.45) is 1.79. The van der Waals surface area contributed by atoms with Gasteiger partial charge in [0, 0.05) is 0 Å². The van der Waals surface area contributed by atoms with Crippen molar-refractivity contribution in [2.45, 2.75) is 13.4 Å². The van der Waals surface area contributed by atoms with Crippen LogP contribution in [0.15, 0.2) is 49.0 Å². The maximum Gasteiger partial charge on any atom is 0.361 e. The Kier molecular flexibility index (Phi) is 3.79. The summed E-state index contributed by atoms with van der Waals surface area (Å²) in [5, 5.41) is 0. The van der Waals surface area contributed by atoms with Crippen molar-refractivity contribution in [3.63, 3.8) is 0 Å². The van der Waals surface area contributed by atoms with E-state index in [0.29, 0.717) is 23.9 Å². The molecule has 0 radical (unpaired) electrons. The molecule has 0 spiro atoms. The molecule has 0 saturated heterocycles. The fourth-order valence-corrected chi connectivity index (χ4v) is 2.01. The van der Waals surface area contributed by atoms with Crippen molar-refractivity contribution in [3.05, 3.63) is 54.6 Å². The zero-order valence-electron chi connectivity index (χ0n) is 11.7. The zero-order chi connectivity index (χ0) is 14.7. The second kappa shape index (κ2) is 5.89. The molecule has 0 bridgehead atoms. The number of benzene rings is 2. The third-order valence-electron chi connectivity index (χ3n) is 3.03. The van der Waals surface area contributed by atoms with E-state index in [1.165, 1.54) is 0 Å². The van der Waals surface area contributed by atoms with Gasteiger partial charge < -0.3 is 18.9 Å². The molecule has 108 valence electrons. The molecule has 4 nitrogen and oxygen atoms in total. The predicted octanol–water partition coefficient (Wildman–Crippen LogP) is 4.21. The summed E-state index contributed by atoms with van der Waals surface area (Å²) < 4.78 is 22.3. The van der Waals surface area contributed by atoms with Crippen LogP contribution in [0.5, 0.6) is 23.0 Å². The van der Waals surface area contributed by atoms with Crippen molar-refractivity contribution in [1.29, 1.82) is 0 Å². The third kappa shape index (κ3) is 2.85. The molecule has 1 aliphatic heterocycles. The van der Waals surface area contributed by atoms with Crippen LogP contribution < -0.4 is 14.2 Å². The van der Waals surface area contributed by atoms with Gasteiger partial charge in [0.05, 0.1) is 6.61 Å². The molecule has 0 fully saturated rings. The predicted molar refractivity (Wildman–Crippen MR) is 79.7 cm³/mol. The van der Waals surface area contributed by atoms with Gasteiger partial charge in [0.2, 0.25) is 5.75 Å². The second-order valence-corrected chi connectivity index (χ2v) is 4.44. The summed E-state index contributed by atoms with van der Waals surface area (Å²) in [5.74, 6) is 2.50. The number of fused-ring (bicyclic) bond motifs is 1. The van der Waals surface area contributed by atoms with E-state index in [2.05, 4.69) is 6.58 Å². The number of hydrogen-bond acceptors (Lipinski definition) is 4. The Morgan fingerprint density at radius 3 is 2.67 bits per heavy atom. The SMILES string of the molecule is C=Cc1ccc(Oc2cccc3c2OC(OCC)O3)cc1. The van der Waals surface area contributed by atoms with E-state index in [1.54, 1.807) is 6.08 Å². The summed E-state index contributed by atoms with van der Waals surface area (Å²) in [6.45, 7) is 5.41. The van der Waals surface area contributed by atoms with E-state index in [-0.39, 0.29) is 0 Å². The highest BCUT2D eigenvalue weighted by Gasteiger charge is 2.28. The minimum Gasteiger partial charge on any atom is -0.453 e. The van der Waals surface area contributed by atoms with Crippen molar-refractivity contribution in [2.75, 3.05) is 6.61 Å². The average Bonchev–Trinajstić information content (AvgIpc) is 2.92. The average molecular weight is 284 g/mol. The summed E-state index contributed by atoms with van der Waals surface area (Å²) in [6, 6.07) is 13.1. The van der Waals surface area contributed by atoms with Crippen LogP contribution in [0.4, 0.5) is 0 Å². The van der Waals surface area contributed by atoms with Crippen LogP contribution in [-0.2, 0) is 4.74 Å². The first-order valence-corrected chi connectivity index (χ1v) is 6.78. The van der Waals surface area contributed by atoms with Crippen molar-refractivity contribution in [3.8, 4) is 23.0 Å². The zero-order valence-corrected chi connectivity index (χ0v) is 11.7. The van der Waals surface area contributed by atoms with Gasteiger partial charge in [0.25, 0.3) is 0 Å². The Balaban J connectivity index is 1.81. The normalized spacial score (nSPS) is 15.8. The van der Waals surface area contributed by atoms with E-state index >= 15 is 0 Å². The second-order valence-electron chi connectivity index (χ2n) is 4.44. The summed E-state index contributed by atoms with van der Waals surface area (Å²) >= 11 is 0. The van der Waals surface area contributed by atoms with Gasteiger partial charge in [-0.25, -0.2) is 0 Å². The smallest absolute Gasteiger partial charge is 0.361 e. The first-order chi connectivity index (χ1) is 10.3. The first kappa shape index (κ1) is 13.5. The van der Waals surface area contributed by atoms with Crippen molar-refractivity contribution < 1.29 is 18.9 Å². The molecule has 0 saturated carbocycles. The maximum absolute atomic E-state index is 5.85. The number of para-hydroxylation sites is 1. The van der Waals surface area contributed by atoms with Crippen LogP contribution in [0, 0.1) is 0 Å². The molecule has 2 aromatic rings. The molecular weight excluding hydrogens is 268 g/mol. The van der Waals surface area contributed by atoms with Gasteiger partial charge in [0.1, 0.15) is 5.75 Å². The van der Waals surface area contributed by atoms with Gasteiger partial charge in [0.15, 0.2) is 11.5 Å². The fourth-order valence-electron chi connectivity index (χ4n) is 2.01. The topological polar surface area (TPSA) is 36.9 Å². The van der Waals surface area contributed by atoms with Gasteiger partial charge in [-0.1, -0.05) is 30.9 Å². The third-order valence-corrected chi connectivity index (χ3v) is 3.03. The quantitative estimate of drug-likeness (QED) is 0.824. The van der Waals surface area contributed by atoms with Crippen LogP contribution in [0.25, 0.3) is 6.08 Å². The lowest BCUT2D eigenvalue weighted by atomic mass is 10.2. The van der Waals surface area contributed by atoms with Crippen LogP contribution in [0.1, 0.15) is 12.5 Å². The molecular formula is C17H16O4. The van der Waals surface area contributed by atoms with Crippen LogP contribution in [0.3, 0.4) is 0 Å². The molecule has 0 aliphatic carbocycles. The van der Waals surface area contributed by atoms with Crippen LogP contribution in [-0.4, -0.2) is 13.1 Å². The van der Waals surface area contributed by atoms with Crippen molar-refractivity contribution in [1.82, 2.24) is 0 Å². The summed E-state index contributed by atoms with van der Waals surface area (Å²) in [5.41, 5.74) is 1.04. The molecule has 0 aromatic heterocycles. The van der Waals surface area contributed by atoms with Gasteiger partial charge in [-0.15, -0.1) is 0 Å². The van der Waals surface area contributed by atoms with Crippen molar-refractivity contribution >= 4 is 6.08 Å².